The van der Waals surface area contributed by atoms with Gasteiger partial charge >= 0.3 is 0 Å². The molecule has 0 fully saturated rings. The fourth-order valence-corrected chi connectivity index (χ4v) is 7.71. The number of hydrogen-bond acceptors (Lipinski definition) is 8. The van der Waals surface area contributed by atoms with Crippen LogP contribution in [-0.2, 0) is 24.4 Å². The van der Waals surface area contributed by atoms with Gasteiger partial charge in [0, 0.05) is 5.56 Å². The van der Waals surface area contributed by atoms with E-state index in [0.717, 1.165) is 5.56 Å². The number of methoxy groups -OCH3 is 1. The molecule has 0 aliphatic carbocycles. The quantitative estimate of drug-likeness (QED) is 0.326. The second-order valence-electron chi connectivity index (χ2n) is 8.66. The highest BCUT2D eigenvalue weighted by Crippen LogP contribution is 2.38. The lowest BCUT2D eigenvalue weighted by atomic mass is 10.1. The molecule has 11 heteroatoms. The number of sulfone groups is 2. The van der Waals surface area contributed by atoms with Crippen LogP contribution in [-0.4, -0.2) is 58.5 Å². The van der Waals surface area contributed by atoms with Crippen molar-refractivity contribution in [3.8, 4) is 22.7 Å². The van der Waals surface area contributed by atoms with Gasteiger partial charge in [0.1, 0.15) is 28.7 Å². The van der Waals surface area contributed by atoms with E-state index in [1.165, 1.54) is 23.9 Å². The molecule has 1 aliphatic rings. The SMILES string of the molecule is COc1ccc(-c2nn(-c3ccccc3)c(S(=O)(=O)CC3=NCCO3)c2S(=O)(=O)c2ccc(C)cc2)cc1. The average molecular weight is 552 g/mol. The Labute approximate surface area is 221 Å². The predicted octanol–water partition coefficient (Wildman–Crippen LogP) is 3.89. The minimum atomic E-state index is -4.36. The van der Waals surface area contributed by atoms with Gasteiger partial charge < -0.3 is 9.47 Å². The first-order valence-corrected chi connectivity index (χ1v) is 14.9. The Bertz CT molecular complexity index is 1710. The Morgan fingerprint density at radius 1 is 0.921 bits per heavy atom. The molecular weight excluding hydrogens is 526 g/mol. The summed E-state index contributed by atoms with van der Waals surface area (Å²) in [4.78, 5) is 3.66. The van der Waals surface area contributed by atoms with E-state index in [-0.39, 0.29) is 23.1 Å². The maximum atomic E-state index is 14.2. The zero-order valence-corrected chi connectivity index (χ0v) is 22.4. The van der Waals surface area contributed by atoms with Crippen molar-refractivity contribution in [3.63, 3.8) is 0 Å². The smallest absolute Gasteiger partial charge is 0.211 e. The third-order valence-corrected chi connectivity index (χ3v) is 9.56. The summed E-state index contributed by atoms with van der Waals surface area (Å²) < 4.78 is 68.2. The van der Waals surface area contributed by atoms with E-state index in [2.05, 4.69) is 10.1 Å². The number of benzene rings is 3. The number of aromatic nitrogens is 2. The molecule has 0 amide bonds. The lowest BCUT2D eigenvalue weighted by Crippen LogP contribution is -2.21. The van der Waals surface area contributed by atoms with Gasteiger partial charge in [0.25, 0.3) is 0 Å². The summed E-state index contributed by atoms with van der Waals surface area (Å²) in [7, 11) is -7.15. The maximum Gasteiger partial charge on any atom is 0.211 e. The minimum Gasteiger partial charge on any atom is -0.497 e. The number of ether oxygens (including phenoxy) is 2. The van der Waals surface area contributed by atoms with E-state index in [1.807, 2.05) is 6.92 Å². The van der Waals surface area contributed by atoms with Crippen molar-refractivity contribution in [1.82, 2.24) is 9.78 Å². The van der Waals surface area contributed by atoms with E-state index >= 15 is 0 Å². The molecule has 0 N–H and O–H groups in total. The highest BCUT2D eigenvalue weighted by Gasteiger charge is 2.39. The van der Waals surface area contributed by atoms with Gasteiger partial charge in [0.15, 0.2) is 10.9 Å². The highest BCUT2D eigenvalue weighted by atomic mass is 32.2. The van der Waals surface area contributed by atoms with Crippen molar-refractivity contribution < 1.29 is 26.3 Å². The van der Waals surface area contributed by atoms with Crippen LogP contribution in [0.4, 0.5) is 0 Å². The first kappa shape index (κ1) is 25.7. The van der Waals surface area contributed by atoms with Gasteiger partial charge in [-0.15, -0.1) is 0 Å². The Morgan fingerprint density at radius 3 is 2.21 bits per heavy atom. The van der Waals surface area contributed by atoms with Crippen molar-refractivity contribution in [1.29, 1.82) is 0 Å². The standard InChI is InChI=1S/C27H25N3O6S2/c1-19-8-14-23(15-9-19)38(33,34)26-25(20-10-12-22(35-2)13-11-20)29-30(21-6-4-3-5-7-21)27(26)37(31,32)18-24-28-16-17-36-24/h3-15H,16-18H2,1-2H3. The van der Waals surface area contributed by atoms with E-state index < -0.39 is 35.3 Å². The van der Waals surface area contributed by atoms with Gasteiger partial charge in [-0.3, -0.25) is 4.99 Å². The number of para-hydroxylation sites is 1. The molecule has 2 heterocycles. The fourth-order valence-electron chi connectivity index (χ4n) is 4.12. The molecule has 4 aromatic rings. The monoisotopic (exact) mass is 551 g/mol. The molecule has 0 spiro atoms. The van der Waals surface area contributed by atoms with Crippen LogP contribution in [0.1, 0.15) is 5.56 Å². The van der Waals surface area contributed by atoms with E-state index in [1.54, 1.807) is 66.7 Å². The van der Waals surface area contributed by atoms with Crippen LogP contribution in [0.15, 0.2) is 98.7 Å². The second kappa shape index (κ2) is 10.1. The van der Waals surface area contributed by atoms with Crippen LogP contribution in [0.3, 0.4) is 0 Å². The Hall–Kier alpha value is -3.96. The Kier molecular flexibility index (Phi) is 6.80. The van der Waals surface area contributed by atoms with Crippen molar-refractivity contribution >= 4 is 25.6 Å². The molecule has 0 saturated heterocycles. The van der Waals surface area contributed by atoms with Crippen molar-refractivity contribution in [3.05, 3.63) is 84.4 Å². The largest absolute Gasteiger partial charge is 0.497 e. The number of nitrogens with zero attached hydrogens (tertiary/aromatic N) is 3. The Morgan fingerprint density at radius 2 is 1.61 bits per heavy atom. The summed E-state index contributed by atoms with van der Waals surface area (Å²) in [6.07, 6.45) is 0. The predicted molar refractivity (Wildman–Crippen MR) is 142 cm³/mol. The normalized spacial score (nSPS) is 13.7. The number of aliphatic imine (C=N–C) groups is 1. The maximum absolute atomic E-state index is 14.2. The zero-order chi connectivity index (χ0) is 26.9. The molecule has 196 valence electrons. The van der Waals surface area contributed by atoms with Crippen LogP contribution in [0.2, 0.25) is 0 Å². The molecule has 0 radical (unpaired) electrons. The number of rotatable bonds is 8. The summed E-state index contributed by atoms with van der Waals surface area (Å²) in [5.74, 6) is 0.00296. The lowest BCUT2D eigenvalue weighted by Gasteiger charge is -2.12. The van der Waals surface area contributed by atoms with Crippen molar-refractivity contribution in [2.75, 3.05) is 26.0 Å². The average Bonchev–Trinajstić information content (AvgIpc) is 3.58. The molecule has 38 heavy (non-hydrogen) atoms. The highest BCUT2D eigenvalue weighted by molar-refractivity contribution is 7.95. The molecule has 0 bridgehead atoms. The van der Waals surface area contributed by atoms with Crippen LogP contribution >= 0.6 is 0 Å². The minimum absolute atomic E-state index is 0.00457. The van der Waals surface area contributed by atoms with Crippen LogP contribution in [0, 0.1) is 6.92 Å². The summed E-state index contributed by atoms with van der Waals surface area (Å²) >= 11 is 0. The molecule has 1 aliphatic heterocycles. The molecule has 3 aromatic carbocycles. The van der Waals surface area contributed by atoms with Gasteiger partial charge in [-0.1, -0.05) is 35.9 Å². The van der Waals surface area contributed by atoms with Gasteiger partial charge in [0.05, 0.1) is 24.2 Å². The third kappa shape index (κ3) is 4.82. The zero-order valence-electron chi connectivity index (χ0n) is 20.7. The van der Waals surface area contributed by atoms with Crippen molar-refractivity contribution in [2.45, 2.75) is 21.7 Å². The van der Waals surface area contributed by atoms with Gasteiger partial charge in [0.2, 0.25) is 19.7 Å². The van der Waals surface area contributed by atoms with Crippen LogP contribution < -0.4 is 4.74 Å². The van der Waals surface area contributed by atoms with Gasteiger partial charge in [-0.2, -0.15) is 5.10 Å². The molecule has 1 aromatic heterocycles. The molecule has 9 nitrogen and oxygen atoms in total. The molecule has 0 saturated carbocycles. The van der Waals surface area contributed by atoms with Crippen LogP contribution in [0.25, 0.3) is 16.9 Å². The molecular formula is C27H25N3O6S2. The van der Waals surface area contributed by atoms with Crippen LogP contribution in [0.5, 0.6) is 5.75 Å². The van der Waals surface area contributed by atoms with E-state index in [0.29, 0.717) is 23.5 Å². The first-order valence-electron chi connectivity index (χ1n) is 11.7. The molecule has 5 rings (SSSR count). The summed E-state index contributed by atoms with van der Waals surface area (Å²) in [5, 5.41) is 4.14. The number of hydrogen-bond donors (Lipinski definition) is 0. The van der Waals surface area contributed by atoms with E-state index in [4.69, 9.17) is 9.47 Å². The number of aryl methyl sites for hydroxylation is 1. The summed E-state index contributed by atoms with van der Waals surface area (Å²) in [5.41, 5.74) is 1.67. The second-order valence-corrected chi connectivity index (χ2v) is 12.4. The topological polar surface area (TPSA) is 117 Å². The van der Waals surface area contributed by atoms with Crippen molar-refractivity contribution in [2.24, 2.45) is 4.99 Å². The van der Waals surface area contributed by atoms with Gasteiger partial charge in [-0.05, 0) is 55.5 Å². The summed E-state index contributed by atoms with van der Waals surface area (Å²) in [6, 6.07) is 21.4. The van der Waals surface area contributed by atoms with E-state index in [9.17, 15) is 16.8 Å². The Balaban J connectivity index is 1.85. The lowest BCUT2D eigenvalue weighted by molar-refractivity contribution is 0.345. The summed E-state index contributed by atoms with van der Waals surface area (Å²) in [6.45, 7) is 2.45. The fraction of sp³-hybridized carbons (Fsp3) is 0.185. The first-order chi connectivity index (χ1) is 18.2. The third-order valence-electron chi connectivity index (χ3n) is 6.02. The molecule has 0 atom stereocenters. The van der Waals surface area contributed by atoms with Gasteiger partial charge in [-0.25, -0.2) is 21.5 Å². The molecule has 0 unspecified atom stereocenters.